The van der Waals surface area contributed by atoms with E-state index in [9.17, 15) is 9.59 Å². The molecule has 0 aliphatic carbocycles. The average Bonchev–Trinajstić information content (AvgIpc) is 2.74. The van der Waals surface area contributed by atoms with Crippen LogP contribution in [0.4, 0.5) is 0 Å². The number of nitrogens with two attached hydrogens (primary N) is 1. The second kappa shape index (κ2) is 5.01. The van der Waals surface area contributed by atoms with Crippen molar-refractivity contribution in [3.63, 3.8) is 0 Å². The first-order chi connectivity index (χ1) is 7.86. The van der Waals surface area contributed by atoms with Crippen LogP contribution in [0, 0.1) is 0 Å². The highest BCUT2D eigenvalue weighted by Gasteiger charge is 2.25. The Morgan fingerprint density at radius 2 is 2.18 bits per heavy atom. The van der Waals surface area contributed by atoms with Gasteiger partial charge in [-0.1, -0.05) is 6.92 Å². The van der Waals surface area contributed by atoms with E-state index in [0.29, 0.717) is 12.2 Å². The minimum atomic E-state index is -1.14. The van der Waals surface area contributed by atoms with E-state index in [1.54, 1.807) is 6.92 Å². The molecule has 0 saturated heterocycles. The number of hydrogen-bond donors (Lipinski definition) is 3. The molecule has 1 aromatic heterocycles. The maximum Gasteiger partial charge on any atom is 0.371 e. The predicted molar refractivity (Wildman–Crippen MR) is 60.4 cm³/mol. The molecule has 1 aromatic rings. The van der Waals surface area contributed by atoms with Gasteiger partial charge in [0.05, 0.1) is 12.1 Å². The number of carboxylic acid groups (broad SMARTS) is 1. The van der Waals surface area contributed by atoms with Crippen molar-refractivity contribution in [1.29, 1.82) is 0 Å². The summed E-state index contributed by atoms with van der Waals surface area (Å²) in [6.45, 7) is 3.57. The number of furan rings is 1. The Hall–Kier alpha value is -1.82. The first-order valence-corrected chi connectivity index (χ1v) is 5.26. The number of nitrogens with one attached hydrogen (secondary N) is 1. The summed E-state index contributed by atoms with van der Waals surface area (Å²) in [6, 6.07) is 2.84. The molecule has 6 heteroatoms. The quantitative estimate of drug-likeness (QED) is 0.703. The van der Waals surface area contributed by atoms with Gasteiger partial charge in [0.2, 0.25) is 11.7 Å². The zero-order valence-corrected chi connectivity index (χ0v) is 9.82. The van der Waals surface area contributed by atoms with Crippen LogP contribution in [0.5, 0.6) is 0 Å². The van der Waals surface area contributed by atoms with Gasteiger partial charge in [0.1, 0.15) is 5.76 Å². The molecule has 1 amide bonds. The van der Waals surface area contributed by atoms with Crippen LogP contribution in [0.25, 0.3) is 0 Å². The molecule has 0 fully saturated rings. The van der Waals surface area contributed by atoms with E-state index in [-0.39, 0.29) is 18.2 Å². The fourth-order valence-electron chi connectivity index (χ4n) is 1.12. The van der Waals surface area contributed by atoms with Crippen LogP contribution in [0.3, 0.4) is 0 Å². The second-order valence-corrected chi connectivity index (χ2v) is 4.02. The molecular weight excluding hydrogens is 224 g/mol. The minimum Gasteiger partial charge on any atom is -0.475 e. The minimum absolute atomic E-state index is 0.124. The lowest BCUT2D eigenvalue weighted by Gasteiger charge is -2.20. The Morgan fingerprint density at radius 1 is 1.53 bits per heavy atom. The summed E-state index contributed by atoms with van der Waals surface area (Å²) in [6.07, 6.45) is 0.511. The highest BCUT2D eigenvalue weighted by molar-refractivity contribution is 5.85. The summed E-state index contributed by atoms with van der Waals surface area (Å²) in [5.41, 5.74) is 4.81. The van der Waals surface area contributed by atoms with Crippen molar-refractivity contribution < 1.29 is 19.1 Å². The molecule has 17 heavy (non-hydrogen) atoms. The zero-order chi connectivity index (χ0) is 13.1. The first kappa shape index (κ1) is 13.2. The zero-order valence-electron chi connectivity index (χ0n) is 9.82. The summed E-state index contributed by atoms with van der Waals surface area (Å²) >= 11 is 0. The Morgan fingerprint density at radius 3 is 2.65 bits per heavy atom. The summed E-state index contributed by atoms with van der Waals surface area (Å²) in [5, 5.41) is 11.2. The Kier molecular flexibility index (Phi) is 3.90. The molecule has 0 radical (unpaired) electrons. The third kappa shape index (κ3) is 3.32. The fraction of sp³-hybridized carbons (Fsp3) is 0.455. The lowest BCUT2D eigenvalue weighted by Crippen LogP contribution is -2.50. The number of aromatic carboxylic acids is 1. The fourth-order valence-corrected chi connectivity index (χ4v) is 1.12. The maximum absolute atomic E-state index is 11.6. The van der Waals surface area contributed by atoms with Crippen molar-refractivity contribution in [2.45, 2.75) is 32.4 Å². The van der Waals surface area contributed by atoms with Crippen molar-refractivity contribution in [2.24, 2.45) is 5.73 Å². The van der Waals surface area contributed by atoms with Crippen LogP contribution in [0.2, 0.25) is 0 Å². The number of carbonyl (C=O) groups excluding carboxylic acids is 1. The molecule has 0 aliphatic rings. The van der Waals surface area contributed by atoms with Crippen LogP contribution in [-0.4, -0.2) is 22.5 Å². The molecule has 0 bridgehead atoms. The predicted octanol–water partition coefficient (Wildman–Crippen LogP) is 0.721. The van der Waals surface area contributed by atoms with Gasteiger partial charge in [0.25, 0.3) is 0 Å². The largest absolute Gasteiger partial charge is 0.475 e. The van der Waals surface area contributed by atoms with Gasteiger partial charge in [-0.15, -0.1) is 0 Å². The van der Waals surface area contributed by atoms with E-state index in [4.69, 9.17) is 15.3 Å². The molecule has 1 unspecified atom stereocenters. The van der Waals surface area contributed by atoms with E-state index < -0.39 is 11.5 Å². The van der Waals surface area contributed by atoms with Crippen molar-refractivity contribution in [1.82, 2.24) is 5.32 Å². The summed E-state index contributed by atoms with van der Waals surface area (Å²) in [4.78, 5) is 22.2. The second-order valence-electron chi connectivity index (χ2n) is 4.02. The summed E-state index contributed by atoms with van der Waals surface area (Å²) in [7, 11) is 0. The highest BCUT2D eigenvalue weighted by atomic mass is 16.4. The Bertz CT molecular complexity index is 423. The summed E-state index contributed by atoms with van der Waals surface area (Å²) in [5.74, 6) is -1.21. The van der Waals surface area contributed by atoms with Crippen LogP contribution in [0.1, 0.15) is 36.6 Å². The third-order valence-electron chi connectivity index (χ3n) is 2.55. The third-order valence-corrected chi connectivity index (χ3v) is 2.55. The van der Waals surface area contributed by atoms with Gasteiger partial charge < -0.3 is 20.6 Å². The normalized spacial score (nSPS) is 14.1. The van der Waals surface area contributed by atoms with Crippen molar-refractivity contribution in [3.8, 4) is 0 Å². The Labute approximate surface area is 98.8 Å². The molecule has 0 saturated carbocycles. The van der Waals surface area contributed by atoms with Crippen LogP contribution < -0.4 is 11.1 Å². The van der Waals surface area contributed by atoms with Crippen molar-refractivity contribution >= 4 is 11.9 Å². The van der Waals surface area contributed by atoms with Gasteiger partial charge in [0.15, 0.2) is 0 Å². The number of carboxylic acids is 1. The summed E-state index contributed by atoms with van der Waals surface area (Å²) < 4.78 is 4.99. The average molecular weight is 240 g/mol. The number of hydrogen-bond acceptors (Lipinski definition) is 4. The lowest BCUT2D eigenvalue weighted by molar-refractivity contribution is -0.126. The van der Waals surface area contributed by atoms with Gasteiger partial charge >= 0.3 is 5.97 Å². The number of carbonyl (C=O) groups is 2. The van der Waals surface area contributed by atoms with E-state index in [1.807, 2.05) is 6.92 Å². The van der Waals surface area contributed by atoms with Crippen LogP contribution >= 0.6 is 0 Å². The molecule has 1 heterocycles. The van der Waals surface area contributed by atoms with Gasteiger partial charge in [-0.2, -0.15) is 0 Å². The molecule has 1 atom stereocenters. The molecule has 0 spiro atoms. The van der Waals surface area contributed by atoms with Gasteiger partial charge in [-0.25, -0.2) is 4.79 Å². The van der Waals surface area contributed by atoms with Crippen LogP contribution in [0.15, 0.2) is 16.5 Å². The van der Waals surface area contributed by atoms with Gasteiger partial charge in [0, 0.05) is 0 Å². The van der Waals surface area contributed by atoms with Gasteiger partial charge in [-0.3, -0.25) is 4.79 Å². The lowest BCUT2D eigenvalue weighted by atomic mass is 10.00. The Balaban J connectivity index is 2.56. The molecule has 0 aliphatic heterocycles. The molecular formula is C11H16N2O4. The molecule has 0 aromatic carbocycles. The highest BCUT2D eigenvalue weighted by Crippen LogP contribution is 2.09. The van der Waals surface area contributed by atoms with E-state index in [0.717, 1.165) is 0 Å². The van der Waals surface area contributed by atoms with Gasteiger partial charge in [-0.05, 0) is 25.5 Å². The number of amides is 1. The van der Waals surface area contributed by atoms with E-state index in [1.165, 1.54) is 12.1 Å². The maximum atomic E-state index is 11.6. The van der Waals surface area contributed by atoms with E-state index in [2.05, 4.69) is 5.32 Å². The standard InChI is InChI=1S/C11H16N2O4/c1-3-11(2,12)10(16)13-6-7-4-5-8(17-7)9(14)15/h4-5H,3,6,12H2,1-2H3,(H,13,16)(H,14,15). The molecule has 94 valence electrons. The number of rotatable bonds is 5. The molecule has 6 nitrogen and oxygen atoms in total. The van der Waals surface area contributed by atoms with E-state index >= 15 is 0 Å². The van der Waals surface area contributed by atoms with Crippen LogP contribution in [-0.2, 0) is 11.3 Å². The SMILES string of the molecule is CCC(C)(N)C(=O)NCc1ccc(C(=O)O)o1. The van der Waals surface area contributed by atoms with Crippen molar-refractivity contribution in [3.05, 3.63) is 23.7 Å². The smallest absolute Gasteiger partial charge is 0.371 e. The molecule has 4 N–H and O–H groups in total. The monoisotopic (exact) mass is 240 g/mol. The first-order valence-electron chi connectivity index (χ1n) is 5.26. The molecule has 1 rings (SSSR count). The van der Waals surface area contributed by atoms with Crippen molar-refractivity contribution in [2.75, 3.05) is 0 Å². The topological polar surface area (TPSA) is 106 Å².